The van der Waals surface area contributed by atoms with E-state index in [9.17, 15) is 14.7 Å². The smallest absolute Gasteiger partial charge is 0.383 e. The number of aliphatic hydroxyl groups is 2. The van der Waals surface area contributed by atoms with Crippen molar-refractivity contribution >= 4 is 11.8 Å². The number of rotatable bonds is 2. The molecule has 1 heterocycles. The Balaban J connectivity index is 2.92. The lowest BCUT2D eigenvalue weighted by Crippen LogP contribution is -2.21. The zero-order valence-electron chi connectivity index (χ0n) is 5.81. The number of hydrogen-bond acceptors (Lipinski definition) is 6. The number of ether oxygens (including phenoxy) is 1. The maximum atomic E-state index is 10.7. The third-order valence-electron chi connectivity index (χ3n) is 1.29. The fraction of sp³-hybridized carbons (Fsp3) is 0.333. The van der Waals surface area contributed by atoms with Crippen LogP contribution in [-0.4, -0.2) is 34.7 Å². The first-order chi connectivity index (χ1) is 5.57. The minimum Gasteiger partial charge on any atom is -0.867 e. The third-order valence-corrected chi connectivity index (χ3v) is 1.29. The van der Waals surface area contributed by atoms with Crippen molar-refractivity contribution < 1.29 is 29.6 Å². The Hall–Kier alpha value is -1.40. The van der Waals surface area contributed by atoms with E-state index in [0.29, 0.717) is 0 Å². The highest BCUT2D eigenvalue weighted by molar-refractivity contribution is 6.41. The molecule has 0 aromatic carbocycles. The van der Waals surface area contributed by atoms with Crippen LogP contribution in [0.4, 0.5) is 0 Å². The Morgan fingerprint density at radius 3 is 2.42 bits per heavy atom. The summed E-state index contributed by atoms with van der Waals surface area (Å²) >= 11 is 0. The highest BCUT2D eigenvalue weighted by Crippen LogP contribution is 2.15. The summed E-state index contributed by atoms with van der Waals surface area (Å²) in [5.41, 5.74) is 0. The Labute approximate surface area is 66.7 Å². The molecule has 0 unspecified atom stereocenters. The van der Waals surface area contributed by atoms with Crippen molar-refractivity contribution in [3.8, 4) is 0 Å². The van der Waals surface area contributed by atoms with E-state index in [2.05, 4.69) is 4.74 Å². The van der Waals surface area contributed by atoms with E-state index in [1.165, 1.54) is 0 Å². The highest BCUT2D eigenvalue weighted by atomic mass is 16.6. The van der Waals surface area contributed by atoms with Gasteiger partial charge in [-0.25, -0.2) is 4.79 Å². The second kappa shape index (κ2) is 2.92. The molecule has 0 bridgehead atoms. The predicted octanol–water partition coefficient (Wildman–Crippen LogP) is -2.96. The molecular weight excluding hydrogens is 168 g/mol. The maximum Gasteiger partial charge on any atom is 0.383 e. The normalized spacial score (nSPS) is 19.8. The lowest BCUT2D eigenvalue weighted by molar-refractivity contribution is -0.300. The maximum absolute atomic E-state index is 10.7. The van der Waals surface area contributed by atoms with Crippen LogP contribution in [0.2, 0.25) is 0 Å². The molecule has 0 spiro atoms. The molecule has 2 N–H and O–H groups in total. The molecule has 0 saturated carbocycles. The molecule has 0 aliphatic carbocycles. The number of ketones is 1. The largest absolute Gasteiger partial charge is 0.867 e. The van der Waals surface area contributed by atoms with Gasteiger partial charge in [0.2, 0.25) is 0 Å². The van der Waals surface area contributed by atoms with E-state index in [-0.39, 0.29) is 0 Å². The van der Waals surface area contributed by atoms with Crippen molar-refractivity contribution in [2.24, 2.45) is 0 Å². The van der Waals surface area contributed by atoms with Crippen LogP contribution >= 0.6 is 0 Å². The molecule has 0 fully saturated rings. The highest BCUT2D eigenvalue weighted by Gasteiger charge is 2.31. The van der Waals surface area contributed by atoms with Crippen LogP contribution in [0.1, 0.15) is 0 Å². The van der Waals surface area contributed by atoms with Crippen LogP contribution in [0, 0.1) is 0 Å². The van der Waals surface area contributed by atoms with Crippen LogP contribution in [-0.2, 0) is 14.3 Å². The summed E-state index contributed by atoms with van der Waals surface area (Å²) in [6.07, 6.45) is -1.60. The molecule has 6 nitrogen and oxygen atoms in total. The van der Waals surface area contributed by atoms with Gasteiger partial charge in [0.05, 0.1) is 6.61 Å². The van der Waals surface area contributed by atoms with Gasteiger partial charge in [-0.1, -0.05) is 0 Å². The summed E-state index contributed by atoms with van der Waals surface area (Å²) in [4.78, 5) is 20.9. The molecule has 1 atom stereocenters. The Bertz CT molecular complexity index is 265. The molecule has 0 aromatic heterocycles. The molecular formula is C6H5O6-. The summed E-state index contributed by atoms with van der Waals surface area (Å²) in [7, 11) is 0. The van der Waals surface area contributed by atoms with Gasteiger partial charge in [0.1, 0.15) is 11.9 Å². The van der Waals surface area contributed by atoms with Crippen molar-refractivity contribution in [1.29, 1.82) is 0 Å². The van der Waals surface area contributed by atoms with Gasteiger partial charge in [-0.15, -0.1) is 0 Å². The van der Waals surface area contributed by atoms with Gasteiger partial charge in [0, 0.05) is 0 Å². The number of esters is 1. The number of carbonyl (C=O) groups is 2. The molecule has 0 aromatic rings. The van der Waals surface area contributed by atoms with Crippen molar-refractivity contribution in [2.45, 2.75) is 6.10 Å². The average molecular weight is 173 g/mol. The van der Waals surface area contributed by atoms with Crippen LogP contribution in [0.25, 0.3) is 0 Å². The summed E-state index contributed by atoms with van der Waals surface area (Å²) < 4.78 is 4.11. The number of Topliss-reactive ketones (excluding diaryl/α,β-unsaturated/α-hetero) is 1. The lowest BCUT2D eigenvalue weighted by atomic mass is 10.2. The number of hydrogen-bond donors (Lipinski definition) is 2. The molecule has 0 saturated heterocycles. The Kier molecular flexibility index (Phi) is 2.11. The molecule has 1 aliphatic heterocycles. The zero-order valence-corrected chi connectivity index (χ0v) is 5.81. The molecule has 12 heavy (non-hydrogen) atoms. The predicted molar refractivity (Wildman–Crippen MR) is 31.2 cm³/mol. The fourth-order valence-corrected chi connectivity index (χ4v) is 0.699. The molecule has 1 rings (SSSR count). The number of carbonyl (C=O) groups excluding carboxylic acids is 2. The second-order valence-electron chi connectivity index (χ2n) is 2.11. The first kappa shape index (κ1) is 8.69. The molecule has 1 aliphatic rings. The molecule has 0 amide bonds. The van der Waals surface area contributed by atoms with E-state index in [1.807, 2.05) is 0 Å². The minimum atomic E-state index is -1.60. The van der Waals surface area contributed by atoms with Crippen LogP contribution in [0.15, 0.2) is 11.5 Å². The quantitative estimate of drug-likeness (QED) is 0.341. The molecule has 66 valence electrons. The number of aliphatic hydroxyl groups excluding tert-OH is 2. The van der Waals surface area contributed by atoms with Gasteiger partial charge >= 0.3 is 5.97 Å². The van der Waals surface area contributed by atoms with Crippen molar-refractivity contribution in [3.05, 3.63) is 11.5 Å². The first-order valence-electron chi connectivity index (χ1n) is 3.04. The van der Waals surface area contributed by atoms with Gasteiger partial charge in [-0.2, -0.15) is 0 Å². The molecule has 6 heteroatoms. The summed E-state index contributed by atoms with van der Waals surface area (Å²) in [6, 6.07) is 0. The summed E-state index contributed by atoms with van der Waals surface area (Å²) in [5, 5.41) is 27.9. The molecule has 0 radical (unpaired) electrons. The zero-order chi connectivity index (χ0) is 9.30. The van der Waals surface area contributed by atoms with Crippen LogP contribution < -0.4 is 5.11 Å². The SMILES string of the molecule is O=C1OC([C@@H](O)CO)=C([O-])C1=O. The van der Waals surface area contributed by atoms with E-state index in [0.717, 1.165) is 0 Å². The van der Waals surface area contributed by atoms with Gasteiger partial charge in [-0.3, -0.25) is 4.79 Å². The monoisotopic (exact) mass is 173 g/mol. The first-order valence-corrected chi connectivity index (χ1v) is 3.04. The van der Waals surface area contributed by atoms with Crippen molar-refractivity contribution in [2.75, 3.05) is 6.61 Å². The van der Waals surface area contributed by atoms with Crippen LogP contribution in [0.3, 0.4) is 0 Å². The summed E-state index contributed by atoms with van der Waals surface area (Å²) in [5.74, 6) is -4.53. The Morgan fingerprint density at radius 2 is 2.08 bits per heavy atom. The van der Waals surface area contributed by atoms with Gasteiger partial charge in [0.15, 0.2) is 0 Å². The average Bonchev–Trinajstić information content (AvgIpc) is 2.32. The number of cyclic esters (lactones) is 1. The van der Waals surface area contributed by atoms with Gasteiger partial charge in [-0.05, 0) is 5.76 Å². The Morgan fingerprint density at radius 1 is 1.50 bits per heavy atom. The van der Waals surface area contributed by atoms with E-state index in [4.69, 9.17) is 10.2 Å². The standard InChI is InChI=1S/C6H6O6/c7-1-2(8)5-3(9)4(10)6(11)12-5/h2,7-9H,1H2/p-1/t2-/m0/s1. The summed E-state index contributed by atoms with van der Waals surface area (Å²) in [6.45, 7) is -0.776. The van der Waals surface area contributed by atoms with E-state index < -0.39 is 36.0 Å². The van der Waals surface area contributed by atoms with Gasteiger partial charge < -0.3 is 20.1 Å². The van der Waals surface area contributed by atoms with E-state index >= 15 is 0 Å². The minimum absolute atomic E-state index is 0.701. The van der Waals surface area contributed by atoms with Crippen LogP contribution in [0.5, 0.6) is 0 Å². The van der Waals surface area contributed by atoms with Gasteiger partial charge in [0.25, 0.3) is 5.78 Å². The van der Waals surface area contributed by atoms with Crippen molar-refractivity contribution in [1.82, 2.24) is 0 Å². The topological polar surface area (TPSA) is 107 Å². The van der Waals surface area contributed by atoms with Crippen molar-refractivity contribution in [3.63, 3.8) is 0 Å². The lowest BCUT2D eigenvalue weighted by Gasteiger charge is -2.10. The van der Waals surface area contributed by atoms with E-state index in [1.54, 1.807) is 0 Å². The fourth-order valence-electron chi connectivity index (χ4n) is 0.699. The second-order valence-corrected chi connectivity index (χ2v) is 2.11. The third kappa shape index (κ3) is 1.17.